The number of nitro benzene ring substituents is 1. The molecule has 2 aliphatic heterocycles. The lowest BCUT2D eigenvalue weighted by atomic mass is 10.0. The zero-order valence-corrected chi connectivity index (χ0v) is 13.9. The molecule has 0 saturated carbocycles. The fraction of sp³-hybridized carbons (Fsp3) is 0.312. The predicted molar refractivity (Wildman–Crippen MR) is 90.4 cm³/mol. The number of anilines is 1. The van der Waals surface area contributed by atoms with E-state index in [1.54, 1.807) is 23.5 Å². The first-order valence-corrected chi connectivity index (χ1v) is 8.62. The quantitative estimate of drug-likeness (QED) is 0.561. The highest BCUT2D eigenvalue weighted by Gasteiger charge is 2.34. The van der Waals surface area contributed by atoms with Crippen LogP contribution in [0.1, 0.15) is 32.5 Å². The molecule has 3 N–H and O–H groups in total. The molecule has 24 heavy (non-hydrogen) atoms. The topological polar surface area (TPSA) is 88.7 Å². The van der Waals surface area contributed by atoms with Crippen molar-refractivity contribution in [3.8, 4) is 0 Å². The SMILES string of the molecule is C[NH+]1CCc2c(sc3c2C(=O)N[C@@H](c2cccc([N+](=O)[O-])c2)N3)C1. The van der Waals surface area contributed by atoms with Crippen molar-refractivity contribution in [2.45, 2.75) is 19.1 Å². The lowest BCUT2D eigenvalue weighted by Crippen LogP contribution is -3.08. The number of nitrogens with zero attached hydrogens (tertiary/aromatic N) is 1. The fourth-order valence-corrected chi connectivity index (χ4v) is 4.70. The van der Waals surface area contributed by atoms with E-state index in [9.17, 15) is 14.9 Å². The van der Waals surface area contributed by atoms with Crippen molar-refractivity contribution in [2.24, 2.45) is 0 Å². The minimum absolute atomic E-state index is 0.0186. The van der Waals surface area contributed by atoms with Gasteiger partial charge >= 0.3 is 0 Å². The zero-order valence-electron chi connectivity index (χ0n) is 13.1. The molecule has 1 aromatic carbocycles. The summed E-state index contributed by atoms with van der Waals surface area (Å²) in [5.41, 5.74) is 2.61. The highest BCUT2D eigenvalue weighted by molar-refractivity contribution is 7.16. The van der Waals surface area contributed by atoms with Gasteiger partial charge in [-0.3, -0.25) is 14.9 Å². The number of quaternary nitrogens is 1. The Bertz CT molecular complexity index is 848. The maximum absolute atomic E-state index is 12.6. The summed E-state index contributed by atoms with van der Waals surface area (Å²) in [5.74, 6) is -0.0997. The smallest absolute Gasteiger partial charge is 0.269 e. The minimum atomic E-state index is -0.449. The summed E-state index contributed by atoms with van der Waals surface area (Å²) in [7, 11) is 2.15. The summed E-state index contributed by atoms with van der Waals surface area (Å²) in [6.45, 7) is 1.96. The van der Waals surface area contributed by atoms with Crippen molar-refractivity contribution >= 4 is 27.9 Å². The molecule has 0 radical (unpaired) electrons. The summed E-state index contributed by atoms with van der Waals surface area (Å²) >= 11 is 1.63. The van der Waals surface area contributed by atoms with E-state index in [1.807, 2.05) is 0 Å². The number of nitro groups is 1. The number of benzene rings is 1. The van der Waals surface area contributed by atoms with E-state index in [2.05, 4.69) is 17.7 Å². The van der Waals surface area contributed by atoms with Crippen molar-refractivity contribution in [3.05, 3.63) is 55.9 Å². The average Bonchev–Trinajstić information content (AvgIpc) is 2.92. The maximum Gasteiger partial charge on any atom is 0.269 e. The molecule has 0 aliphatic carbocycles. The number of rotatable bonds is 2. The number of carbonyl (C=O) groups is 1. The molecule has 1 unspecified atom stereocenters. The number of fused-ring (bicyclic) bond motifs is 3. The van der Waals surface area contributed by atoms with Crippen molar-refractivity contribution < 1.29 is 14.6 Å². The number of hydrogen-bond acceptors (Lipinski definition) is 5. The van der Waals surface area contributed by atoms with Gasteiger partial charge in [0.2, 0.25) is 0 Å². The number of non-ortho nitro benzene ring substituents is 1. The lowest BCUT2D eigenvalue weighted by Gasteiger charge is -2.26. The summed E-state index contributed by atoms with van der Waals surface area (Å²) < 4.78 is 0. The standard InChI is InChI=1S/C16H16N4O3S/c1-19-6-5-11-12(8-19)24-16-13(11)15(21)17-14(18-16)9-3-2-4-10(7-9)20(22)23/h2-4,7,14,18H,5-6,8H2,1H3,(H,17,21)/p+1/t14-/m1/s1. The third kappa shape index (κ3) is 2.44. The van der Waals surface area contributed by atoms with Gasteiger partial charge < -0.3 is 15.5 Å². The third-order valence-electron chi connectivity index (χ3n) is 4.55. The molecule has 124 valence electrons. The number of carbonyl (C=O) groups excluding carboxylic acids is 1. The number of amides is 1. The Balaban J connectivity index is 1.68. The van der Waals surface area contributed by atoms with E-state index in [0.717, 1.165) is 35.6 Å². The molecular weight excluding hydrogens is 328 g/mol. The van der Waals surface area contributed by atoms with Gasteiger partial charge in [-0.05, 0) is 5.56 Å². The largest absolute Gasteiger partial charge is 0.353 e. The van der Waals surface area contributed by atoms with Crippen molar-refractivity contribution in [1.82, 2.24) is 5.32 Å². The molecule has 3 heterocycles. The zero-order chi connectivity index (χ0) is 16.8. The molecule has 0 bridgehead atoms. The summed E-state index contributed by atoms with van der Waals surface area (Å²) in [6, 6.07) is 6.35. The van der Waals surface area contributed by atoms with Gasteiger partial charge in [-0.2, -0.15) is 0 Å². The molecular formula is C16H17N4O3S+. The Morgan fingerprint density at radius 1 is 1.38 bits per heavy atom. The van der Waals surface area contributed by atoms with Crippen LogP contribution in [0.3, 0.4) is 0 Å². The van der Waals surface area contributed by atoms with E-state index in [0.29, 0.717) is 5.56 Å². The van der Waals surface area contributed by atoms with Gasteiger partial charge in [-0.25, -0.2) is 0 Å². The fourth-order valence-electron chi connectivity index (χ4n) is 3.32. The van der Waals surface area contributed by atoms with E-state index in [4.69, 9.17) is 0 Å². The predicted octanol–water partition coefficient (Wildman–Crippen LogP) is 1.08. The van der Waals surface area contributed by atoms with E-state index < -0.39 is 11.1 Å². The molecule has 8 heteroatoms. The number of hydrogen-bond donors (Lipinski definition) is 3. The molecule has 0 saturated heterocycles. The number of nitrogens with one attached hydrogen (secondary N) is 3. The minimum Gasteiger partial charge on any atom is -0.353 e. The molecule has 2 aromatic rings. The van der Waals surface area contributed by atoms with Crippen LogP contribution in [-0.4, -0.2) is 24.4 Å². The van der Waals surface area contributed by atoms with Gasteiger partial charge in [0, 0.05) is 24.1 Å². The van der Waals surface area contributed by atoms with Crippen LogP contribution in [0.25, 0.3) is 0 Å². The van der Waals surface area contributed by atoms with Gasteiger partial charge in [0.25, 0.3) is 11.6 Å². The Labute approximate surface area is 142 Å². The second-order valence-electron chi connectivity index (χ2n) is 6.24. The normalized spacial score (nSPS) is 22.1. The first-order valence-electron chi connectivity index (χ1n) is 7.80. The molecule has 7 nitrogen and oxygen atoms in total. The third-order valence-corrected chi connectivity index (χ3v) is 5.71. The van der Waals surface area contributed by atoms with Crippen LogP contribution in [0.2, 0.25) is 0 Å². The summed E-state index contributed by atoms with van der Waals surface area (Å²) in [6.07, 6.45) is 0.457. The first kappa shape index (κ1) is 15.1. The van der Waals surface area contributed by atoms with Crippen molar-refractivity contribution in [1.29, 1.82) is 0 Å². The molecule has 4 rings (SSSR count). The van der Waals surface area contributed by atoms with E-state index >= 15 is 0 Å². The van der Waals surface area contributed by atoms with Gasteiger partial charge in [-0.1, -0.05) is 12.1 Å². The van der Waals surface area contributed by atoms with Gasteiger partial charge in [-0.15, -0.1) is 11.3 Å². The molecule has 0 spiro atoms. The van der Waals surface area contributed by atoms with Crippen LogP contribution in [0.5, 0.6) is 0 Å². The number of thiophene rings is 1. The Morgan fingerprint density at radius 2 is 2.21 bits per heavy atom. The van der Waals surface area contributed by atoms with Crippen LogP contribution in [0.4, 0.5) is 10.7 Å². The van der Waals surface area contributed by atoms with E-state index in [-0.39, 0.29) is 11.6 Å². The monoisotopic (exact) mass is 345 g/mol. The first-order chi connectivity index (χ1) is 11.5. The Kier molecular flexibility index (Phi) is 3.50. The second-order valence-corrected chi connectivity index (χ2v) is 7.35. The van der Waals surface area contributed by atoms with Crippen LogP contribution in [-0.2, 0) is 13.0 Å². The molecule has 0 fully saturated rings. The highest BCUT2D eigenvalue weighted by atomic mass is 32.1. The van der Waals surface area contributed by atoms with Crippen LogP contribution in [0, 0.1) is 10.1 Å². The van der Waals surface area contributed by atoms with Crippen molar-refractivity contribution in [2.75, 3.05) is 18.9 Å². The lowest BCUT2D eigenvalue weighted by molar-refractivity contribution is -0.895. The van der Waals surface area contributed by atoms with Crippen LogP contribution in [0.15, 0.2) is 24.3 Å². The summed E-state index contributed by atoms with van der Waals surface area (Å²) in [4.78, 5) is 25.8. The summed E-state index contributed by atoms with van der Waals surface area (Å²) in [5, 5.41) is 18.1. The Morgan fingerprint density at radius 3 is 3.00 bits per heavy atom. The average molecular weight is 345 g/mol. The van der Waals surface area contributed by atoms with Gasteiger partial charge in [0.1, 0.15) is 17.7 Å². The van der Waals surface area contributed by atoms with E-state index in [1.165, 1.54) is 21.9 Å². The van der Waals surface area contributed by atoms with Crippen LogP contribution >= 0.6 is 11.3 Å². The maximum atomic E-state index is 12.6. The van der Waals surface area contributed by atoms with Crippen LogP contribution < -0.4 is 15.5 Å². The molecule has 2 aliphatic rings. The van der Waals surface area contributed by atoms with Crippen molar-refractivity contribution in [3.63, 3.8) is 0 Å². The molecule has 1 aromatic heterocycles. The van der Waals surface area contributed by atoms with Gasteiger partial charge in [0.05, 0.1) is 29.0 Å². The highest BCUT2D eigenvalue weighted by Crippen LogP contribution is 2.39. The Hall–Kier alpha value is -2.45. The number of likely N-dealkylation sites (N-methyl/N-ethyl adjacent to an activating group) is 1. The second kappa shape index (κ2) is 5.57. The van der Waals surface area contributed by atoms with Gasteiger partial charge in [0.15, 0.2) is 0 Å². The molecule has 1 amide bonds. The molecule has 2 atom stereocenters.